The first-order valence-corrected chi connectivity index (χ1v) is 7.42. The highest BCUT2D eigenvalue weighted by Gasteiger charge is 2.16. The van der Waals surface area contributed by atoms with Crippen LogP contribution in [0.5, 0.6) is 0 Å². The van der Waals surface area contributed by atoms with Crippen molar-refractivity contribution in [1.29, 1.82) is 0 Å². The van der Waals surface area contributed by atoms with Gasteiger partial charge in [0.25, 0.3) is 0 Å². The van der Waals surface area contributed by atoms with E-state index >= 15 is 0 Å². The van der Waals surface area contributed by atoms with Gasteiger partial charge >= 0.3 is 0 Å². The van der Waals surface area contributed by atoms with E-state index in [0.717, 1.165) is 18.5 Å². The minimum Gasteiger partial charge on any atom is -0.380 e. The van der Waals surface area contributed by atoms with Gasteiger partial charge in [0, 0.05) is 12.1 Å². The lowest BCUT2D eigenvalue weighted by Gasteiger charge is -2.23. The van der Waals surface area contributed by atoms with Crippen molar-refractivity contribution < 1.29 is 4.39 Å². The van der Waals surface area contributed by atoms with Gasteiger partial charge in [-0.05, 0) is 51.3 Å². The summed E-state index contributed by atoms with van der Waals surface area (Å²) in [6.07, 6.45) is 6.21. The first-order valence-electron chi connectivity index (χ1n) is 7.42. The van der Waals surface area contributed by atoms with Crippen molar-refractivity contribution >= 4 is 5.69 Å². The number of halogens is 1. The molecule has 0 aromatic heterocycles. The second-order valence-electron chi connectivity index (χ2n) is 5.71. The summed E-state index contributed by atoms with van der Waals surface area (Å²) in [6.45, 7) is 5.20. The average molecular weight is 264 g/mol. The first kappa shape index (κ1) is 14.3. The van der Waals surface area contributed by atoms with Gasteiger partial charge in [0.15, 0.2) is 0 Å². The molecule has 0 amide bonds. The van der Waals surface area contributed by atoms with Crippen molar-refractivity contribution in [2.24, 2.45) is 0 Å². The van der Waals surface area contributed by atoms with Gasteiger partial charge in [0.1, 0.15) is 5.82 Å². The highest BCUT2D eigenvalue weighted by molar-refractivity contribution is 5.52. The zero-order chi connectivity index (χ0) is 13.7. The van der Waals surface area contributed by atoms with E-state index in [1.54, 1.807) is 6.07 Å². The molecule has 1 aliphatic rings. The molecule has 0 aliphatic carbocycles. The molecule has 106 valence electrons. The van der Waals surface area contributed by atoms with Gasteiger partial charge in [-0.2, -0.15) is 0 Å². The Morgan fingerprint density at radius 1 is 1.37 bits per heavy atom. The van der Waals surface area contributed by atoms with Gasteiger partial charge in [0.2, 0.25) is 0 Å². The molecule has 0 bridgehead atoms. The molecule has 2 nitrogen and oxygen atoms in total. The summed E-state index contributed by atoms with van der Waals surface area (Å²) >= 11 is 0. The molecule has 1 fully saturated rings. The molecule has 2 unspecified atom stereocenters. The van der Waals surface area contributed by atoms with Crippen LogP contribution < -0.4 is 10.6 Å². The summed E-state index contributed by atoms with van der Waals surface area (Å²) in [5, 5.41) is 6.92. The second kappa shape index (κ2) is 6.90. The summed E-state index contributed by atoms with van der Waals surface area (Å²) in [5.74, 6) is -0.152. The molecule has 1 heterocycles. The van der Waals surface area contributed by atoms with Crippen LogP contribution in [0.2, 0.25) is 0 Å². The molecule has 0 spiro atoms. The fraction of sp³-hybridized carbons (Fsp3) is 0.625. The van der Waals surface area contributed by atoms with Crippen molar-refractivity contribution in [2.45, 2.75) is 58.0 Å². The fourth-order valence-corrected chi connectivity index (χ4v) is 2.85. The molecule has 0 saturated carbocycles. The van der Waals surface area contributed by atoms with Gasteiger partial charge in [-0.1, -0.05) is 25.0 Å². The van der Waals surface area contributed by atoms with Gasteiger partial charge in [0.05, 0.1) is 5.69 Å². The molecule has 1 aromatic carbocycles. The van der Waals surface area contributed by atoms with Crippen LogP contribution in [-0.2, 0) is 0 Å². The zero-order valence-electron chi connectivity index (χ0n) is 12.0. The van der Waals surface area contributed by atoms with E-state index in [4.69, 9.17) is 0 Å². The maximum Gasteiger partial charge on any atom is 0.146 e. The van der Waals surface area contributed by atoms with E-state index < -0.39 is 0 Å². The van der Waals surface area contributed by atoms with Crippen LogP contribution in [0, 0.1) is 12.7 Å². The Labute approximate surface area is 115 Å². The maximum atomic E-state index is 13.8. The molecule has 2 N–H and O–H groups in total. The van der Waals surface area contributed by atoms with Crippen LogP contribution in [0.25, 0.3) is 0 Å². The van der Waals surface area contributed by atoms with Crippen LogP contribution in [-0.4, -0.2) is 18.6 Å². The number of para-hydroxylation sites is 1. The normalized spacial score (nSPS) is 21.7. The SMILES string of the molecule is Cc1cccc(F)c1NC(C)CC1CCCCCN1. The second-order valence-corrected chi connectivity index (χ2v) is 5.71. The summed E-state index contributed by atoms with van der Waals surface area (Å²) in [7, 11) is 0. The zero-order valence-corrected chi connectivity index (χ0v) is 12.0. The summed E-state index contributed by atoms with van der Waals surface area (Å²) in [4.78, 5) is 0. The Morgan fingerprint density at radius 2 is 2.21 bits per heavy atom. The van der Waals surface area contributed by atoms with Crippen LogP contribution in [0.4, 0.5) is 10.1 Å². The molecule has 0 radical (unpaired) electrons. The molecule has 2 atom stereocenters. The van der Waals surface area contributed by atoms with Crippen molar-refractivity contribution in [1.82, 2.24) is 5.32 Å². The van der Waals surface area contributed by atoms with E-state index in [1.807, 2.05) is 13.0 Å². The topological polar surface area (TPSA) is 24.1 Å². The van der Waals surface area contributed by atoms with Gasteiger partial charge < -0.3 is 10.6 Å². The Balaban J connectivity index is 1.91. The molecule has 2 rings (SSSR count). The summed E-state index contributed by atoms with van der Waals surface area (Å²) in [5.41, 5.74) is 1.63. The molecule has 1 aromatic rings. The Hall–Kier alpha value is -1.09. The molecule has 1 aliphatic heterocycles. The molecular weight excluding hydrogens is 239 g/mol. The minimum atomic E-state index is -0.152. The average Bonchev–Trinajstić information content (AvgIpc) is 2.63. The summed E-state index contributed by atoms with van der Waals surface area (Å²) < 4.78 is 13.8. The Kier molecular flexibility index (Phi) is 5.20. The highest BCUT2D eigenvalue weighted by Crippen LogP contribution is 2.21. The van der Waals surface area contributed by atoms with Gasteiger partial charge in [-0.3, -0.25) is 0 Å². The van der Waals surface area contributed by atoms with Crippen LogP contribution in [0.1, 0.15) is 44.6 Å². The Bertz CT molecular complexity index is 377. The number of hydrogen-bond acceptors (Lipinski definition) is 2. The lowest BCUT2D eigenvalue weighted by Crippen LogP contribution is -2.33. The first-order chi connectivity index (χ1) is 9.16. The third kappa shape index (κ3) is 4.20. The molecule has 3 heteroatoms. The van der Waals surface area contributed by atoms with E-state index in [0.29, 0.717) is 11.7 Å². The van der Waals surface area contributed by atoms with Crippen molar-refractivity contribution in [2.75, 3.05) is 11.9 Å². The van der Waals surface area contributed by atoms with Crippen LogP contribution in [0.3, 0.4) is 0 Å². The predicted octanol–water partition coefficient (Wildman–Crippen LogP) is 3.86. The van der Waals surface area contributed by atoms with E-state index in [2.05, 4.69) is 17.6 Å². The lowest BCUT2D eigenvalue weighted by molar-refractivity contribution is 0.455. The van der Waals surface area contributed by atoms with Crippen molar-refractivity contribution in [3.05, 3.63) is 29.6 Å². The van der Waals surface area contributed by atoms with E-state index in [9.17, 15) is 4.39 Å². The minimum absolute atomic E-state index is 0.152. The molecule has 19 heavy (non-hydrogen) atoms. The summed E-state index contributed by atoms with van der Waals surface area (Å²) in [6, 6.07) is 6.07. The van der Waals surface area contributed by atoms with Crippen LogP contribution in [0.15, 0.2) is 18.2 Å². The number of nitrogens with one attached hydrogen (secondary N) is 2. The van der Waals surface area contributed by atoms with E-state index in [-0.39, 0.29) is 11.9 Å². The van der Waals surface area contributed by atoms with Crippen LogP contribution >= 0.6 is 0 Å². The van der Waals surface area contributed by atoms with Gasteiger partial charge in [-0.25, -0.2) is 4.39 Å². The Morgan fingerprint density at radius 3 is 3.00 bits per heavy atom. The highest BCUT2D eigenvalue weighted by atomic mass is 19.1. The number of aryl methyl sites for hydroxylation is 1. The van der Waals surface area contributed by atoms with Crippen molar-refractivity contribution in [3.8, 4) is 0 Å². The molecular formula is C16H25FN2. The maximum absolute atomic E-state index is 13.8. The van der Waals surface area contributed by atoms with Crippen molar-refractivity contribution in [3.63, 3.8) is 0 Å². The van der Waals surface area contributed by atoms with E-state index in [1.165, 1.54) is 31.7 Å². The smallest absolute Gasteiger partial charge is 0.146 e. The third-order valence-electron chi connectivity index (χ3n) is 3.91. The van der Waals surface area contributed by atoms with Gasteiger partial charge in [-0.15, -0.1) is 0 Å². The number of anilines is 1. The fourth-order valence-electron chi connectivity index (χ4n) is 2.85. The number of rotatable bonds is 4. The standard InChI is InChI=1S/C16H25FN2/c1-12-7-6-9-15(17)16(12)19-13(2)11-14-8-4-3-5-10-18-14/h6-7,9,13-14,18-19H,3-5,8,10-11H2,1-2H3. The quantitative estimate of drug-likeness (QED) is 0.863. The predicted molar refractivity (Wildman–Crippen MR) is 79.1 cm³/mol. The number of benzene rings is 1. The molecule has 1 saturated heterocycles. The lowest BCUT2D eigenvalue weighted by atomic mass is 10.0. The monoisotopic (exact) mass is 264 g/mol. The third-order valence-corrected chi connectivity index (χ3v) is 3.91. The largest absolute Gasteiger partial charge is 0.380 e. The number of hydrogen-bond donors (Lipinski definition) is 2.